The van der Waals surface area contributed by atoms with Crippen molar-refractivity contribution < 1.29 is 4.74 Å². The Morgan fingerprint density at radius 3 is 2.63 bits per heavy atom. The first-order chi connectivity index (χ1) is 9.19. The number of methoxy groups -OCH3 is 1. The average Bonchev–Trinajstić information content (AvgIpc) is 2.84. The molecule has 5 heteroatoms. The SMILES string of the molecule is CCCC(OC)C(Cc1cc(CC)nn1CC)NN. The van der Waals surface area contributed by atoms with E-state index in [4.69, 9.17) is 10.6 Å². The molecule has 0 saturated heterocycles. The molecule has 1 heterocycles. The van der Waals surface area contributed by atoms with Gasteiger partial charge in [0.1, 0.15) is 0 Å². The molecule has 0 amide bonds. The lowest BCUT2D eigenvalue weighted by molar-refractivity contribution is 0.0603. The van der Waals surface area contributed by atoms with Crippen molar-refractivity contribution in [1.82, 2.24) is 15.2 Å². The van der Waals surface area contributed by atoms with Gasteiger partial charge in [-0.3, -0.25) is 16.0 Å². The van der Waals surface area contributed by atoms with Crippen LogP contribution >= 0.6 is 0 Å². The van der Waals surface area contributed by atoms with Crippen molar-refractivity contribution in [2.45, 2.75) is 65.1 Å². The first-order valence-corrected chi connectivity index (χ1v) is 7.24. The summed E-state index contributed by atoms with van der Waals surface area (Å²) >= 11 is 0. The summed E-state index contributed by atoms with van der Waals surface area (Å²) in [6, 6.07) is 2.30. The molecular weight excluding hydrogens is 240 g/mol. The molecular formula is C14H28N4O. The molecule has 0 fully saturated rings. The minimum absolute atomic E-state index is 0.122. The number of nitrogens with zero attached hydrogens (tertiary/aromatic N) is 2. The third-order valence-electron chi connectivity index (χ3n) is 3.54. The first kappa shape index (κ1) is 16.1. The predicted octanol–water partition coefficient (Wildman–Crippen LogP) is 1.65. The smallest absolute Gasteiger partial charge is 0.0741 e. The lowest BCUT2D eigenvalue weighted by Crippen LogP contribution is -2.46. The van der Waals surface area contributed by atoms with Crippen molar-refractivity contribution in [3.05, 3.63) is 17.5 Å². The second-order valence-corrected chi connectivity index (χ2v) is 4.84. The third-order valence-corrected chi connectivity index (χ3v) is 3.54. The Bertz CT molecular complexity index is 364. The number of hydrogen-bond donors (Lipinski definition) is 2. The van der Waals surface area contributed by atoms with Crippen LogP contribution in [0.4, 0.5) is 0 Å². The highest BCUT2D eigenvalue weighted by molar-refractivity contribution is 5.12. The van der Waals surface area contributed by atoms with E-state index in [0.29, 0.717) is 0 Å². The van der Waals surface area contributed by atoms with Gasteiger partial charge in [0, 0.05) is 25.8 Å². The molecule has 110 valence electrons. The number of rotatable bonds is 9. The summed E-state index contributed by atoms with van der Waals surface area (Å²) in [5.41, 5.74) is 5.26. The first-order valence-electron chi connectivity index (χ1n) is 7.24. The van der Waals surface area contributed by atoms with Gasteiger partial charge in [-0.25, -0.2) is 0 Å². The Hall–Kier alpha value is -0.910. The average molecular weight is 268 g/mol. The molecule has 0 radical (unpaired) electrons. The molecule has 2 atom stereocenters. The van der Waals surface area contributed by atoms with Gasteiger partial charge in [-0.2, -0.15) is 5.10 Å². The minimum atomic E-state index is 0.122. The Labute approximate surface area is 116 Å². The van der Waals surface area contributed by atoms with E-state index in [2.05, 4.69) is 42.0 Å². The minimum Gasteiger partial charge on any atom is -0.380 e. The number of aromatic nitrogens is 2. The molecule has 1 rings (SSSR count). The van der Waals surface area contributed by atoms with Crippen LogP contribution < -0.4 is 11.3 Å². The lowest BCUT2D eigenvalue weighted by atomic mass is 10.0. The number of aryl methyl sites for hydroxylation is 2. The van der Waals surface area contributed by atoms with Crippen LogP contribution in [-0.4, -0.2) is 29.0 Å². The summed E-state index contributed by atoms with van der Waals surface area (Å²) in [6.45, 7) is 7.28. The van der Waals surface area contributed by atoms with Gasteiger partial charge in [-0.15, -0.1) is 0 Å². The highest BCUT2D eigenvalue weighted by Gasteiger charge is 2.21. The summed E-state index contributed by atoms with van der Waals surface area (Å²) in [5.74, 6) is 5.70. The molecule has 19 heavy (non-hydrogen) atoms. The van der Waals surface area contributed by atoms with Gasteiger partial charge >= 0.3 is 0 Å². The summed E-state index contributed by atoms with van der Waals surface area (Å²) in [6.07, 6.45) is 4.04. The van der Waals surface area contributed by atoms with Crippen LogP contribution in [0.3, 0.4) is 0 Å². The van der Waals surface area contributed by atoms with E-state index in [-0.39, 0.29) is 12.1 Å². The van der Waals surface area contributed by atoms with E-state index in [0.717, 1.165) is 37.9 Å². The van der Waals surface area contributed by atoms with Gasteiger partial charge in [0.05, 0.1) is 17.8 Å². The molecule has 0 bridgehead atoms. The number of hydrazine groups is 1. The normalized spacial score (nSPS) is 14.6. The summed E-state index contributed by atoms with van der Waals surface area (Å²) < 4.78 is 7.61. The predicted molar refractivity (Wildman–Crippen MR) is 77.8 cm³/mol. The van der Waals surface area contributed by atoms with Crippen molar-refractivity contribution in [2.75, 3.05) is 7.11 Å². The molecule has 1 aromatic heterocycles. The fourth-order valence-corrected chi connectivity index (χ4v) is 2.42. The number of hydrogen-bond acceptors (Lipinski definition) is 4. The van der Waals surface area contributed by atoms with Crippen LogP contribution in [0.2, 0.25) is 0 Å². The third kappa shape index (κ3) is 4.30. The van der Waals surface area contributed by atoms with Gasteiger partial charge in [-0.1, -0.05) is 20.3 Å². The number of nitrogens with one attached hydrogen (secondary N) is 1. The van der Waals surface area contributed by atoms with E-state index in [1.807, 2.05) is 0 Å². The Balaban J connectivity index is 2.81. The van der Waals surface area contributed by atoms with E-state index < -0.39 is 0 Å². The van der Waals surface area contributed by atoms with E-state index >= 15 is 0 Å². The summed E-state index contributed by atoms with van der Waals surface area (Å²) in [5, 5.41) is 4.57. The zero-order valence-corrected chi connectivity index (χ0v) is 12.6. The molecule has 0 aliphatic heterocycles. The second kappa shape index (κ2) is 8.30. The quantitative estimate of drug-likeness (QED) is 0.528. The highest BCUT2D eigenvalue weighted by atomic mass is 16.5. The molecule has 3 N–H and O–H groups in total. The van der Waals surface area contributed by atoms with Crippen molar-refractivity contribution in [2.24, 2.45) is 5.84 Å². The fraction of sp³-hybridized carbons (Fsp3) is 0.786. The molecule has 5 nitrogen and oxygen atoms in total. The van der Waals surface area contributed by atoms with Gasteiger partial charge in [-0.05, 0) is 25.8 Å². The van der Waals surface area contributed by atoms with Crippen LogP contribution in [0.5, 0.6) is 0 Å². The molecule has 0 spiro atoms. The molecule has 0 aliphatic rings. The molecule has 2 unspecified atom stereocenters. The molecule has 0 aromatic carbocycles. The van der Waals surface area contributed by atoms with Crippen LogP contribution in [-0.2, 0) is 24.1 Å². The maximum atomic E-state index is 5.70. The second-order valence-electron chi connectivity index (χ2n) is 4.84. The fourth-order valence-electron chi connectivity index (χ4n) is 2.42. The van der Waals surface area contributed by atoms with Gasteiger partial charge in [0.25, 0.3) is 0 Å². The van der Waals surface area contributed by atoms with E-state index in [9.17, 15) is 0 Å². The Morgan fingerprint density at radius 1 is 1.42 bits per heavy atom. The zero-order valence-electron chi connectivity index (χ0n) is 12.6. The topological polar surface area (TPSA) is 65.1 Å². The van der Waals surface area contributed by atoms with E-state index in [1.54, 1.807) is 7.11 Å². The highest BCUT2D eigenvalue weighted by Crippen LogP contribution is 2.14. The van der Waals surface area contributed by atoms with Gasteiger partial charge < -0.3 is 4.74 Å². The van der Waals surface area contributed by atoms with Crippen LogP contribution in [0.1, 0.15) is 45.0 Å². The van der Waals surface area contributed by atoms with Crippen molar-refractivity contribution in [3.63, 3.8) is 0 Å². The maximum Gasteiger partial charge on any atom is 0.0741 e. The Morgan fingerprint density at radius 2 is 2.16 bits per heavy atom. The van der Waals surface area contributed by atoms with Crippen LogP contribution in [0.25, 0.3) is 0 Å². The number of ether oxygens (including phenoxy) is 1. The number of nitrogens with two attached hydrogens (primary N) is 1. The molecule has 0 saturated carbocycles. The maximum absolute atomic E-state index is 5.70. The molecule has 1 aromatic rings. The lowest BCUT2D eigenvalue weighted by Gasteiger charge is -2.25. The zero-order chi connectivity index (χ0) is 14.3. The van der Waals surface area contributed by atoms with Crippen molar-refractivity contribution in [3.8, 4) is 0 Å². The van der Waals surface area contributed by atoms with Gasteiger partial charge in [0.15, 0.2) is 0 Å². The van der Waals surface area contributed by atoms with Crippen molar-refractivity contribution in [1.29, 1.82) is 0 Å². The summed E-state index contributed by atoms with van der Waals surface area (Å²) in [7, 11) is 1.75. The van der Waals surface area contributed by atoms with Crippen LogP contribution in [0, 0.1) is 0 Å². The Kier molecular flexibility index (Phi) is 7.05. The van der Waals surface area contributed by atoms with Gasteiger partial charge in [0.2, 0.25) is 0 Å². The van der Waals surface area contributed by atoms with Crippen LogP contribution in [0.15, 0.2) is 6.07 Å². The van der Waals surface area contributed by atoms with Crippen molar-refractivity contribution >= 4 is 0 Å². The monoisotopic (exact) mass is 268 g/mol. The standard InChI is InChI=1S/C14H28N4O/c1-5-8-14(19-4)13(16-15)10-12-9-11(6-2)17-18(12)7-3/h9,13-14,16H,5-8,10,15H2,1-4H3. The molecule has 0 aliphatic carbocycles. The van der Waals surface area contributed by atoms with E-state index in [1.165, 1.54) is 5.69 Å². The summed E-state index contributed by atoms with van der Waals surface area (Å²) in [4.78, 5) is 0. The largest absolute Gasteiger partial charge is 0.380 e.